The molecule has 1 atom stereocenters. The van der Waals surface area contributed by atoms with E-state index in [4.69, 9.17) is 9.47 Å². The number of nitrogens with one attached hydrogen (secondary N) is 2. The van der Waals surface area contributed by atoms with Crippen LogP contribution in [0, 0.1) is 6.92 Å². The Kier molecular flexibility index (Phi) is 6.19. The molecule has 1 unspecified atom stereocenters. The maximum atomic E-state index is 11.9. The van der Waals surface area contributed by atoms with Gasteiger partial charge in [0.15, 0.2) is 12.7 Å². The second-order valence-corrected chi connectivity index (χ2v) is 5.21. The number of para-hydroxylation sites is 1. The van der Waals surface area contributed by atoms with E-state index >= 15 is 0 Å². The highest BCUT2D eigenvalue weighted by atomic mass is 16.5. The minimum Gasteiger partial charge on any atom is -0.484 e. The van der Waals surface area contributed by atoms with Crippen molar-refractivity contribution in [2.75, 3.05) is 6.61 Å². The van der Waals surface area contributed by atoms with Crippen LogP contribution in [0.5, 0.6) is 11.5 Å². The van der Waals surface area contributed by atoms with Gasteiger partial charge in [-0.1, -0.05) is 35.9 Å². The first kappa shape index (κ1) is 17.3. The molecule has 0 bridgehead atoms. The van der Waals surface area contributed by atoms with Crippen LogP contribution in [-0.2, 0) is 9.59 Å². The number of aryl methyl sites for hydroxylation is 1. The lowest BCUT2D eigenvalue weighted by Crippen LogP contribution is -2.48. The summed E-state index contributed by atoms with van der Waals surface area (Å²) in [5.74, 6) is 0.246. The molecule has 2 rings (SSSR count). The average molecular weight is 328 g/mol. The smallest absolute Gasteiger partial charge is 0.279 e. The van der Waals surface area contributed by atoms with Gasteiger partial charge in [-0.3, -0.25) is 20.4 Å². The third-order valence-corrected chi connectivity index (χ3v) is 3.14. The van der Waals surface area contributed by atoms with Crippen molar-refractivity contribution >= 4 is 11.8 Å². The zero-order valence-corrected chi connectivity index (χ0v) is 13.6. The largest absolute Gasteiger partial charge is 0.484 e. The van der Waals surface area contributed by atoms with Crippen molar-refractivity contribution in [3.05, 3.63) is 60.2 Å². The summed E-state index contributed by atoms with van der Waals surface area (Å²) < 4.78 is 10.8. The van der Waals surface area contributed by atoms with Crippen molar-refractivity contribution in [2.45, 2.75) is 20.0 Å². The van der Waals surface area contributed by atoms with E-state index in [1.54, 1.807) is 31.2 Å². The van der Waals surface area contributed by atoms with Gasteiger partial charge in [0.05, 0.1) is 0 Å². The van der Waals surface area contributed by atoms with Crippen LogP contribution in [0.15, 0.2) is 54.6 Å². The van der Waals surface area contributed by atoms with Gasteiger partial charge >= 0.3 is 0 Å². The molecule has 0 fully saturated rings. The van der Waals surface area contributed by atoms with Gasteiger partial charge in [0.2, 0.25) is 0 Å². The summed E-state index contributed by atoms with van der Waals surface area (Å²) in [5.41, 5.74) is 5.69. The fourth-order valence-corrected chi connectivity index (χ4v) is 1.81. The Bertz CT molecular complexity index is 671. The molecule has 2 aromatic carbocycles. The Morgan fingerprint density at radius 2 is 1.62 bits per heavy atom. The van der Waals surface area contributed by atoms with Crippen molar-refractivity contribution in [1.82, 2.24) is 10.9 Å². The van der Waals surface area contributed by atoms with Crippen LogP contribution in [0.2, 0.25) is 0 Å². The van der Waals surface area contributed by atoms with E-state index in [9.17, 15) is 9.59 Å². The SMILES string of the molecule is Cc1ccc(OCC(=O)NNC(=O)C(C)Oc2ccccc2)cc1. The number of hydrazine groups is 1. The predicted molar refractivity (Wildman–Crippen MR) is 89.5 cm³/mol. The van der Waals surface area contributed by atoms with Crippen molar-refractivity contribution in [1.29, 1.82) is 0 Å². The number of ether oxygens (including phenoxy) is 2. The molecule has 0 spiro atoms. The Balaban J connectivity index is 1.70. The van der Waals surface area contributed by atoms with Crippen molar-refractivity contribution < 1.29 is 19.1 Å². The monoisotopic (exact) mass is 328 g/mol. The van der Waals surface area contributed by atoms with Gasteiger partial charge < -0.3 is 9.47 Å². The molecule has 126 valence electrons. The van der Waals surface area contributed by atoms with Gasteiger partial charge in [-0.05, 0) is 38.1 Å². The second kappa shape index (κ2) is 8.57. The van der Waals surface area contributed by atoms with Crippen molar-refractivity contribution in [2.24, 2.45) is 0 Å². The highest BCUT2D eigenvalue weighted by molar-refractivity contribution is 5.85. The molecule has 6 nitrogen and oxygen atoms in total. The van der Waals surface area contributed by atoms with Crippen LogP contribution in [0.25, 0.3) is 0 Å². The molecule has 0 aromatic heterocycles. The Hall–Kier alpha value is -3.02. The van der Waals surface area contributed by atoms with Crippen LogP contribution < -0.4 is 20.3 Å². The van der Waals surface area contributed by atoms with Gasteiger partial charge in [-0.15, -0.1) is 0 Å². The summed E-state index contributed by atoms with van der Waals surface area (Å²) in [5, 5.41) is 0. The minimum absolute atomic E-state index is 0.197. The molecule has 0 aliphatic rings. The molecular weight excluding hydrogens is 308 g/mol. The molecule has 0 aliphatic heterocycles. The molecule has 0 saturated carbocycles. The average Bonchev–Trinajstić information content (AvgIpc) is 2.60. The summed E-state index contributed by atoms with van der Waals surface area (Å²) >= 11 is 0. The fourth-order valence-electron chi connectivity index (χ4n) is 1.81. The van der Waals surface area contributed by atoms with Gasteiger partial charge in [0.1, 0.15) is 11.5 Å². The zero-order chi connectivity index (χ0) is 17.4. The molecule has 24 heavy (non-hydrogen) atoms. The van der Waals surface area contributed by atoms with E-state index in [1.165, 1.54) is 0 Å². The summed E-state index contributed by atoms with van der Waals surface area (Å²) in [6, 6.07) is 16.3. The molecule has 0 heterocycles. The first-order valence-electron chi connectivity index (χ1n) is 7.54. The van der Waals surface area contributed by atoms with Crippen molar-refractivity contribution in [3.8, 4) is 11.5 Å². The summed E-state index contributed by atoms with van der Waals surface area (Å²) in [6.45, 7) is 3.36. The van der Waals surface area contributed by atoms with Gasteiger partial charge in [0, 0.05) is 0 Å². The Morgan fingerprint density at radius 3 is 2.29 bits per heavy atom. The van der Waals surface area contributed by atoms with Crippen LogP contribution >= 0.6 is 0 Å². The third kappa shape index (κ3) is 5.64. The van der Waals surface area contributed by atoms with E-state index in [0.29, 0.717) is 11.5 Å². The van der Waals surface area contributed by atoms with E-state index in [2.05, 4.69) is 10.9 Å². The third-order valence-electron chi connectivity index (χ3n) is 3.14. The van der Waals surface area contributed by atoms with E-state index in [1.807, 2.05) is 37.3 Å². The predicted octanol–water partition coefficient (Wildman–Crippen LogP) is 1.99. The van der Waals surface area contributed by atoms with Crippen molar-refractivity contribution in [3.63, 3.8) is 0 Å². The molecule has 0 saturated heterocycles. The lowest BCUT2D eigenvalue weighted by molar-refractivity contribution is -0.133. The topological polar surface area (TPSA) is 76.7 Å². The first-order valence-corrected chi connectivity index (χ1v) is 7.54. The summed E-state index contributed by atoms with van der Waals surface area (Å²) in [4.78, 5) is 23.5. The summed E-state index contributed by atoms with van der Waals surface area (Å²) in [6.07, 6.45) is -0.745. The van der Waals surface area contributed by atoms with E-state index in [0.717, 1.165) is 5.56 Å². The highest BCUT2D eigenvalue weighted by Crippen LogP contribution is 2.11. The fraction of sp³-hybridized carbons (Fsp3) is 0.222. The quantitative estimate of drug-likeness (QED) is 0.795. The maximum absolute atomic E-state index is 11.9. The second-order valence-electron chi connectivity index (χ2n) is 5.21. The Morgan fingerprint density at radius 1 is 0.958 bits per heavy atom. The van der Waals surface area contributed by atoms with E-state index < -0.39 is 17.9 Å². The zero-order valence-electron chi connectivity index (χ0n) is 13.6. The van der Waals surface area contributed by atoms with E-state index in [-0.39, 0.29) is 6.61 Å². The molecule has 0 aliphatic carbocycles. The molecule has 2 amide bonds. The molecule has 2 N–H and O–H groups in total. The van der Waals surface area contributed by atoms with Crippen LogP contribution in [0.4, 0.5) is 0 Å². The first-order chi connectivity index (χ1) is 11.5. The van der Waals surface area contributed by atoms with Crippen LogP contribution in [-0.4, -0.2) is 24.5 Å². The number of hydrogen-bond acceptors (Lipinski definition) is 4. The maximum Gasteiger partial charge on any atom is 0.279 e. The van der Waals surface area contributed by atoms with Crippen LogP contribution in [0.1, 0.15) is 12.5 Å². The number of hydrogen-bond donors (Lipinski definition) is 2. The molecular formula is C18H20N2O4. The van der Waals surface area contributed by atoms with Gasteiger partial charge in [-0.25, -0.2) is 0 Å². The Labute approximate surface area is 140 Å². The standard InChI is InChI=1S/C18H20N2O4/c1-13-8-10-15(11-9-13)23-12-17(21)19-20-18(22)14(2)24-16-6-4-3-5-7-16/h3-11,14H,12H2,1-2H3,(H,19,21)(H,20,22). The number of carbonyl (C=O) groups excluding carboxylic acids is 2. The number of amides is 2. The molecule has 2 aromatic rings. The minimum atomic E-state index is -0.745. The lowest BCUT2D eigenvalue weighted by atomic mass is 10.2. The highest BCUT2D eigenvalue weighted by Gasteiger charge is 2.15. The van der Waals surface area contributed by atoms with Gasteiger partial charge in [0.25, 0.3) is 11.8 Å². The lowest BCUT2D eigenvalue weighted by Gasteiger charge is -2.15. The normalized spacial score (nSPS) is 11.2. The van der Waals surface area contributed by atoms with Gasteiger partial charge in [-0.2, -0.15) is 0 Å². The number of benzene rings is 2. The number of rotatable bonds is 6. The summed E-state index contributed by atoms with van der Waals surface area (Å²) in [7, 11) is 0. The number of carbonyl (C=O) groups is 2. The molecule has 0 radical (unpaired) electrons. The van der Waals surface area contributed by atoms with Crippen LogP contribution in [0.3, 0.4) is 0 Å². The molecule has 6 heteroatoms.